The number of carbonyl (C=O) groups is 1. The monoisotopic (exact) mass is 412 g/mol. The second-order valence-electron chi connectivity index (χ2n) is 8.07. The summed E-state index contributed by atoms with van der Waals surface area (Å²) >= 11 is 0. The highest BCUT2D eigenvalue weighted by Gasteiger charge is 2.29. The molecule has 7 nitrogen and oxygen atoms in total. The van der Waals surface area contributed by atoms with Gasteiger partial charge in [0.1, 0.15) is 17.2 Å². The molecular weight excluding hydrogens is 387 g/mol. The van der Waals surface area contributed by atoms with Crippen molar-refractivity contribution in [3.63, 3.8) is 0 Å². The molecule has 2 aromatic heterocycles. The lowest BCUT2D eigenvalue weighted by molar-refractivity contribution is 0.0301. The van der Waals surface area contributed by atoms with Crippen molar-refractivity contribution in [3.8, 4) is 0 Å². The average molecular weight is 412 g/mol. The first-order valence-electron chi connectivity index (χ1n) is 10.5. The number of fused-ring (bicyclic) bond motifs is 1. The van der Waals surface area contributed by atoms with E-state index in [2.05, 4.69) is 15.1 Å². The molecule has 30 heavy (non-hydrogen) atoms. The molecule has 3 aromatic rings. The summed E-state index contributed by atoms with van der Waals surface area (Å²) in [5, 5.41) is 8.05. The van der Waals surface area contributed by atoms with Crippen molar-refractivity contribution in [2.24, 2.45) is 0 Å². The molecule has 0 aliphatic carbocycles. The number of amides is 1. The predicted molar refractivity (Wildman–Crippen MR) is 109 cm³/mol. The van der Waals surface area contributed by atoms with Crippen molar-refractivity contribution < 1.29 is 18.3 Å². The third-order valence-corrected chi connectivity index (χ3v) is 6.02. The summed E-state index contributed by atoms with van der Waals surface area (Å²) in [6, 6.07) is 6.49. The largest absolute Gasteiger partial charge is 0.460 e. The van der Waals surface area contributed by atoms with E-state index < -0.39 is 0 Å². The second-order valence-corrected chi connectivity index (χ2v) is 8.07. The lowest BCUT2D eigenvalue weighted by atomic mass is 9.92. The van der Waals surface area contributed by atoms with Crippen LogP contribution in [0.5, 0.6) is 0 Å². The highest BCUT2D eigenvalue weighted by atomic mass is 19.1. The SMILES string of the molecule is O=C(c1cn[nH]c1[C@@H]1CCCN(Cc2cc3cc(F)ccc3o2)C1)N1CCOCC1. The Labute approximate surface area is 173 Å². The zero-order chi connectivity index (χ0) is 20.5. The molecule has 1 aromatic carbocycles. The smallest absolute Gasteiger partial charge is 0.257 e. The van der Waals surface area contributed by atoms with Gasteiger partial charge >= 0.3 is 0 Å². The van der Waals surface area contributed by atoms with Gasteiger partial charge in [0.2, 0.25) is 0 Å². The molecule has 2 aliphatic rings. The molecule has 158 valence electrons. The number of rotatable bonds is 4. The van der Waals surface area contributed by atoms with Gasteiger partial charge in [-0.2, -0.15) is 5.10 Å². The second kappa shape index (κ2) is 8.20. The number of H-pyrrole nitrogens is 1. The summed E-state index contributed by atoms with van der Waals surface area (Å²) in [7, 11) is 0. The topological polar surface area (TPSA) is 74.6 Å². The molecule has 2 fully saturated rings. The summed E-state index contributed by atoms with van der Waals surface area (Å²) in [5.41, 5.74) is 2.29. The Balaban J connectivity index is 1.29. The normalized spacial score (nSPS) is 20.7. The molecule has 2 aliphatic heterocycles. The van der Waals surface area contributed by atoms with Crippen molar-refractivity contribution in [2.75, 3.05) is 39.4 Å². The number of aromatic nitrogens is 2. The van der Waals surface area contributed by atoms with Gasteiger partial charge in [-0.15, -0.1) is 0 Å². The van der Waals surface area contributed by atoms with Crippen LogP contribution in [0.3, 0.4) is 0 Å². The fourth-order valence-electron chi connectivity index (χ4n) is 4.52. The molecule has 0 spiro atoms. The Morgan fingerprint density at radius 2 is 2.10 bits per heavy atom. The molecule has 0 unspecified atom stereocenters. The van der Waals surface area contributed by atoms with E-state index in [1.807, 2.05) is 11.0 Å². The standard InChI is InChI=1S/C22H25FN4O3/c23-17-3-4-20-16(10-17)11-18(30-20)14-26-5-1-2-15(13-26)21-19(12-24-25-21)22(28)27-6-8-29-9-7-27/h3-4,10-12,15H,1-2,5-9,13-14H2,(H,24,25)/t15-/m1/s1. The predicted octanol–water partition coefficient (Wildman–Crippen LogP) is 3.15. The van der Waals surface area contributed by atoms with Gasteiger partial charge in [0.05, 0.1) is 37.2 Å². The van der Waals surface area contributed by atoms with Crippen LogP contribution in [0, 0.1) is 5.82 Å². The summed E-state index contributed by atoms with van der Waals surface area (Å²) in [6.07, 6.45) is 3.69. The molecule has 1 N–H and O–H groups in total. The number of nitrogens with one attached hydrogen (secondary N) is 1. The van der Waals surface area contributed by atoms with Gasteiger partial charge in [0.15, 0.2) is 0 Å². The van der Waals surface area contributed by atoms with Gasteiger partial charge < -0.3 is 14.1 Å². The zero-order valence-electron chi connectivity index (χ0n) is 16.8. The first kappa shape index (κ1) is 19.3. The third kappa shape index (κ3) is 3.85. The molecule has 8 heteroatoms. The van der Waals surface area contributed by atoms with E-state index in [1.165, 1.54) is 12.1 Å². The van der Waals surface area contributed by atoms with Crippen LogP contribution < -0.4 is 0 Å². The molecule has 4 heterocycles. The number of piperidine rings is 1. The fraction of sp³-hybridized carbons (Fsp3) is 0.455. The molecular formula is C22H25FN4O3. The van der Waals surface area contributed by atoms with Crippen LogP contribution in [-0.2, 0) is 11.3 Å². The van der Waals surface area contributed by atoms with E-state index in [9.17, 15) is 9.18 Å². The summed E-state index contributed by atoms with van der Waals surface area (Å²) < 4.78 is 24.7. The molecule has 0 radical (unpaired) electrons. The van der Waals surface area contributed by atoms with Gasteiger partial charge in [0.25, 0.3) is 5.91 Å². The Morgan fingerprint density at radius 1 is 1.23 bits per heavy atom. The molecule has 5 rings (SSSR count). The van der Waals surface area contributed by atoms with Crippen molar-refractivity contribution in [2.45, 2.75) is 25.3 Å². The Bertz CT molecular complexity index is 1040. The Morgan fingerprint density at radius 3 is 2.97 bits per heavy atom. The number of hydrogen-bond donors (Lipinski definition) is 1. The van der Waals surface area contributed by atoms with Crippen LogP contribution in [-0.4, -0.2) is 65.3 Å². The summed E-state index contributed by atoms with van der Waals surface area (Å²) in [5.74, 6) is 0.802. The van der Waals surface area contributed by atoms with Gasteiger partial charge in [-0.1, -0.05) is 0 Å². The number of halogens is 1. The van der Waals surface area contributed by atoms with Crippen LogP contribution in [0.2, 0.25) is 0 Å². The van der Waals surface area contributed by atoms with Crippen molar-refractivity contribution in [3.05, 3.63) is 53.3 Å². The Hall–Kier alpha value is -2.71. The van der Waals surface area contributed by atoms with Gasteiger partial charge in [-0.25, -0.2) is 4.39 Å². The van der Waals surface area contributed by atoms with Crippen LogP contribution >= 0.6 is 0 Å². The van der Waals surface area contributed by atoms with E-state index in [0.717, 1.165) is 42.8 Å². The van der Waals surface area contributed by atoms with E-state index in [1.54, 1.807) is 12.3 Å². The average Bonchev–Trinajstić information content (AvgIpc) is 3.40. The van der Waals surface area contributed by atoms with Crippen molar-refractivity contribution >= 4 is 16.9 Å². The number of nitrogens with zero attached hydrogens (tertiary/aromatic N) is 3. The number of morpholine rings is 1. The van der Waals surface area contributed by atoms with E-state index in [0.29, 0.717) is 44.0 Å². The maximum atomic E-state index is 13.5. The van der Waals surface area contributed by atoms with Crippen molar-refractivity contribution in [1.29, 1.82) is 0 Å². The molecule has 2 saturated heterocycles. The minimum atomic E-state index is -0.260. The lowest BCUT2D eigenvalue weighted by Crippen LogP contribution is -2.41. The zero-order valence-corrected chi connectivity index (χ0v) is 16.8. The molecule has 0 saturated carbocycles. The highest BCUT2D eigenvalue weighted by Crippen LogP contribution is 2.30. The number of aromatic amines is 1. The quantitative estimate of drug-likeness (QED) is 0.713. The maximum Gasteiger partial charge on any atom is 0.257 e. The number of carbonyl (C=O) groups excluding carboxylic acids is 1. The number of furan rings is 1. The number of likely N-dealkylation sites (tertiary alicyclic amines) is 1. The van der Waals surface area contributed by atoms with Gasteiger partial charge in [-0.05, 0) is 43.7 Å². The number of hydrogen-bond acceptors (Lipinski definition) is 5. The third-order valence-electron chi connectivity index (χ3n) is 6.02. The van der Waals surface area contributed by atoms with Crippen LogP contribution in [0.15, 0.2) is 34.9 Å². The Kier molecular flexibility index (Phi) is 5.26. The maximum absolute atomic E-state index is 13.5. The van der Waals surface area contributed by atoms with E-state index in [-0.39, 0.29) is 17.6 Å². The van der Waals surface area contributed by atoms with Crippen LogP contribution in [0.25, 0.3) is 11.0 Å². The number of benzene rings is 1. The molecule has 1 atom stereocenters. The molecule has 0 bridgehead atoms. The fourth-order valence-corrected chi connectivity index (χ4v) is 4.52. The number of ether oxygens (including phenoxy) is 1. The summed E-state index contributed by atoms with van der Waals surface area (Å²) in [6.45, 7) is 4.84. The van der Waals surface area contributed by atoms with E-state index >= 15 is 0 Å². The van der Waals surface area contributed by atoms with Crippen molar-refractivity contribution in [1.82, 2.24) is 20.0 Å². The minimum Gasteiger partial charge on any atom is -0.460 e. The first-order valence-corrected chi connectivity index (χ1v) is 10.5. The van der Waals surface area contributed by atoms with Gasteiger partial charge in [-0.3, -0.25) is 14.8 Å². The first-order chi connectivity index (χ1) is 14.7. The van der Waals surface area contributed by atoms with Gasteiger partial charge in [0, 0.05) is 30.9 Å². The minimum absolute atomic E-state index is 0.0264. The van der Waals surface area contributed by atoms with Crippen LogP contribution in [0.4, 0.5) is 4.39 Å². The highest BCUT2D eigenvalue weighted by molar-refractivity contribution is 5.95. The molecule has 1 amide bonds. The van der Waals surface area contributed by atoms with Crippen LogP contribution in [0.1, 0.15) is 40.6 Å². The van der Waals surface area contributed by atoms with E-state index in [4.69, 9.17) is 9.15 Å². The summed E-state index contributed by atoms with van der Waals surface area (Å²) in [4.78, 5) is 17.1. The lowest BCUT2D eigenvalue weighted by Gasteiger charge is -2.32.